The van der Waals surface area contributed by atoms with Crippen LogP contribution in [0.2, 0.25) is 0 Å². The van der Waals surface area contributed by atoms with Crippen molar-refractivity contribution in [2.45, 2.75) is 112 Å². The highest BCUT2D eigenvalue weighted by atomic mass is 16.6. The zero-order valence-corrected chi connectivity index (χ0v) is 24.7. The zero-order chi connectivity index (χ0) is 28.7. The number of aliphatic carboxylic acids is 1. The summed E-state index contributed by atoms with van der Waals surface area (Å²) in [7, 11) is 0. The van der Waals surface area contributed by atoms with Crippen molar-refractivity contribution in [3.05, 3.63) is 59.3 Å². The molecule has 2 rings (SSSR count). The molecule has 2 aromatic rings. The Kier molecular flexibility index (Phi) is 10.5. The number of carbonyl (C=O) groups excluding carboxylic acids is 1. The predicted molar refractivity (Wildman–Crippen MR) is 153 cm³/mol. The van der Waals surface area contributed by atoms with Crippen LogP contribution in [0, 0.1) is 5.41 Å². The topological polar surface area (TPSA) is 91.8 Å². The van der Waals surface area contributed by atoms with Crippen molar-refractivity contribution >= 4 is 17.9 Å². The van der Waals surface area contributed by atoms with E-state index in [-0.39, 0.29) is 11.2 Å². The molecule has 38 heavy (non-hydrogen) atoms. The minimum absolute atomic E-state index is 0.160. The van der Waals surface area contributed by atoms with Gasteiger partial charge in [-0.25, -0.2) is 19.5 Å². The third-order valence-electron chi connectivity index (χ3n) is 6.47. The van der Waals surface area contributed by atoms with Gasteiger partial charge >= 0.3 is 12.1 Å². The largest absolute Gasteiger partial charge is 0.480 e. The maximum absolute atomic E-state index is 13.2. The Morgan fingerprint density at radius 3 is 2.13 bits per heavy atom. The molecule has 0 saturated heterocycles. The van der Waals surface area contributed by atoms with Gasteiger partial charge in [-0.2, -0.15) is 0 Å². The Bertz CT molecular complexity index is 1070. The van der Waals surface area contributed by atoms with Crippen LogP contribution in [0.4, 0.5) is 10.6 Å². The first-order valence-corrected chi connectivity index (χ1v) is 13.6. The molecule has 0 aliphatic carbocycles. The first kappa shape index (κ1) is 31.3. The van der Waals surface area contributed by atoms with Gasteiger partial charge in [0.2, 0.25) is 0 Å². The highest BCUT2D eigenvalue weighted by Crippen LogP contribution is 2.31. The number of amides is 1. The highest BCUT2D eigenvalue weighted by molar-refractivity contribution is 5.95. The lowest BCUT2D eigenvalue weighted by molar-refractivity contribution is -0.141. The number of carbonyl (C=O) groups is 2. The van der Waals surface area contributed by atoms with Crippen LogP contribution in [-0.2, 0) is 28.0 Å². The van der Waals surface area contributed by atoms with Gasteiger partial charge in [0.15, 0.2) is 0 Å². The molecule has 2 N–H and O–H groups in total. The molecule has 0 aliphatic rings. The van der Waals surface area contributed by atoms with Crippen molar-refractivity contribution in [2.75, 3.05) is 4.90 Å². The van der Waals surface area contributed by atoms with E-state index in [9.17, 15) is 14.7 Å². The number of rotatable bonds is 11. The maximum atomic E-state index is 13.2. The number of ether oxygens (including phenoxy) is 1. The first-order chi connectivity index (χ1) is 17.5. The fraction of sp³-hybridized carbons (Fsp3) is 0.581. The van der Waals surface area contributed by atoms with Gasteiger partial charge in [0, 0.05) is 13.1 Å². The summed E-state index contributed by atoms with van der Waals surface area (Å²) in [6.07, 6.45) is 2.85. The van der Waals surface area contributed by atoms with E-state index in [1.165, 1.54) is 30.4 Å². The number of aromatic nitrogens is 1. The molecular weight excluding hydrogens is 478 g/mol. The summed E-state index contributed by atoms with van der Waals surface area (Å²) >= 11 is 0. The van der Waals surface area contributed by atoms with E-state index in [1.807, 2.05) is 6.07 Å². The predicted octanol–water partition coefficient (Wildman–Crippen LogP) is 7.08. The smallest absolute Gasteiger partial charge is 0.416 e. The number of hydrogen-bond donors (Lipinski definition) is 2. The number of carboxylic acid groups (broad SMARTS) is 1. The molecular formula is C31H47N3O4. The van der Waals surface area contributed by atoms with Crippen LogP contribution in [0.3, 0.4) is 0 Å². The normalized spacial score (nSPS) is 13.2. The van der Waals surface area contributed by atoms with Gasteiger partial charge in [-0.15, -0.1) is 0 Å². The summed E-state index contributed by atoms with van der Waals surface area (Å²) < 4.78 is 5.58. The molecule has 7 nitrogen and oxygen atoms in total. The van der Waals surface area contributed by atoms with E-state index in [2.05, 4.69) is 55.3 Å². The summed E-state index contributed by atoms with van der Waals surface area (Å²) in [4.78, 5) is 31.3. The standard InChI is InChI=1S/C31H47N3O4/c1-10-11-19-31(8,9)23-17-15-22(16-18-23)20-32-21-24-13-12-14-25(33-24)34(28(37)38-30(5,6)7)26(27(35)36)29(2,3)4/h12-18,26,32H,10-11,19-21H2,1-9H3,(H,35,36). The third-order valence-corrected chi connectivity index (χ3v) is 6.47. The number of hydrogen-bond acceptors (Lipinski definition) is 5. The molecule has 0 saturated carbocycles. The van der Waals surface area contributed by atoms with Gasteiger partial charge in [-0.05, 0) is 61.3 Å². The Labute approximate surface area is 229 Å². The SMILES string of the molecule is CCCCC(C)(C)c1ccc(CNCc2cccc(N(C(=O)OC(C)(C)C)C(C(=O)O)C(C)(C)C)n2)cc1. The Morgan fingerprint density at radius 2 is 1.61 bits per heavy atom. The van der Waals surface area contributed by atoms with Crippen LogP contribution in [0.1, 0.15) is 98.4 Å². The molecule has 1 atom stereocenters. The van der Waals surface area contributed by atoms with Crippen LogP contribution in [-0.4, -0.2) is 33.8 Å². The molecule has 1 unspecified atom stereocenters. The molecule has 0 radical (unpaired) electrons. The average Bonchev–Trinajstić information content (AvgIpc) is 2.79. The maximum Gasteiger partial charge on any atom is 0.416 e. The van der Waals surface area contributed by atoms with Gasteiger partial charge in [-0.3, -0.25) is 0 Å². The van der Waals surface area contributed by atoms with E-state index in [0.717, 1.165) is 4.90 Å². The number of benzene rings is 1. The molecule has 210 valence electrons. The van der Waals surface area contributed by atoms with E-state index in [1.54, 1.807) is 53.7 Å². The summed E-state index contributed by atoms with van der Waals surface area (Å²) in [5.41, 5.74) is 1.84. The van der Waals surface area contributed by atoms with Crippen molar-refractivity contribution in [3.63, 3.8) is 0 Å². The Hall–Kier alpha value is -2.93. The molecule has 1 amide bonds. The second kappa shape index (κ2) is 12.7. The Balaban J connectivity index is 2.19. The monoisotopic (exact) mass is 525 g/mol. The molecule has 0 fully saturated rings. The molecule has 0 spiro atoms. The summed E-state index contributed by atoms with van der Waals surface area (Å²) in [5.74, 6) is -0.866. The zero-order valence-electron chi connectivity index (χ0n) is 24.7. The van der Waals surface area contributed by atoms with Crippen LogP contribution in [0.25, 0.3) is 0 Å². The van der Waals surface area contributed by atoms with Crippen molar-refractivity contribution in [3.8, 4) is 0 Å². The number of pyridine rings is 1. The van der Waals surface area contributed by atoms with Crippen LogP contribution in [0.15, 0.2) is 42.5 Å². The van der Waals surface area contributed by atoms with Gasteiger partial charge in [-0.1, -0.05) is 84.7 Å². The van der Waals surface area contributed by atoms with Crippen LogP contribution >= 0.6 is 0 Å². The third kappa shape index (κ3) is 9.12. The lowest BCUT2D eigenvalue weighted by Gasteiger charge is -2.37. The van der Waals surface area contributed by atoms with E-state index in [4.69, 9.17) is 4.74 Å². The lowest BCUT2D eigenvalue weighted by atomic mass is 9.80. The molecule has 0 bridgehead atoms. The molecule has 1 aromatic carbocycles. The van der Waals surface area contributed by atoms with Crippen molar-refractivity contribution in [1.29, 1.82) is 0 Å². The van der Waals surface area contributed by atoms with E-state index >= 15 is 0 Å². The molecule has 0 aliphatic heterocycles. The number of unbranched alkanes of at least 4 members (excludes halogenated alkanes) is 1. The summed E-state index contributed by atoms with van der Waals surface area (Å²) in [6, 6.07) is 12.9. The second-order valence-electron chi connectivity index (χ2n) is 12.7. The van der Waals surface area contributed by atoms with Crippen LogP contribution < -0.4 is 10.2 Å². The van der Waals surface area contributed by atoms with Gasteiger partial charge in [0.1, 0.15) is 17.5 Å². The van der Waals surface area contributed by atoms with Crippen molar-refractivity contribution in [1.82, 2.24) is 10.3 Å². The quantitative estimate of drug-likeness (QED) is 0.326. The van der Waals surface area contributed by atoms with Gasteiger partial charge in [0.25, 0.3) is 0 Å². The summed E-state index contributed by atoms with van der Waals surface area (Å²) in [6.45, 7) is 18.5. The van der Waals surface area contributed by atoms with Gasteiger partial charge < -0.3 is 15.2 Å². The van der Waals surface area contributed by atoms with Crippen molar-refractivity contribution in [2.24, 2.45) is 5.41 Å². The number of nitrogens with zero attached hydrogens (tertiary/aromatic N) is 2. The van der Waals surface area contributed by atoms with E-state index < -0.39 is 29.1 Å². The van der Waals surface area contributed by atoms with Crippen molar-refractivity contribution < 1.29 is 19.4 Å². The Morgan fingerprint density at radius 1 is 0.974 bits per heavy atom. The first-order valence-electron chi connectivity index (χ1n) is 13.6. The molecule has 1 heterocycles. The number of anilines is 1. The van der Waals surface area contributed by atoms with E-state index in [0.29, 0.717) is 18.8 Å². The highest BCUT2D eigenvalue weighted by Gasteiger charge is 2.42. The van der Waals surface area contributed by atoms with Crippen LogP contribution in [0.5, 0.6) is 0 Å². The van der Waals surface area contributed by atoms with Gasteiger partial charge in [0.05, 0.1) is 5.69 Å². The fourth-order valence-corrected chi connectivity index (χ4v) is 4.38. The second-order valence-corrected chi connectivity index (χ2v) is 12.7. The number of nitrogens with one attached hydrogen (secondary N) is 1. The average molecular weight is 526 g/mol. The minimum Gasteiger partial charge on any atom is -0.480 e. The summed E-state index contributed by atoms with van der Waals surface area (Å²) in [5, 5.41) is 13.5. The minimum atomic E-state index is -1.16. The molecule has 7 heteroatoms. The number of carboxylic acids is 1. The fourth-order valence-electron chi connectivity index (χ4n) is 4.38. The molecule has 1 aromatic heterocycles. The lowest BCUT2D eigenvalue weighted by Crippen LogP contribution is -2.54.